The molecule has 0 radical (unpaired) electrons. The van der Waals surface area contributed by atoms with Crippen molar-refractivity contribution in [3.8, 4) is 0 Å². The lowest BCUT2D eigenvalue weighted by Gasteiger charge is -2.22. The van der Waals surface area contributed by atoms with E-state index in [2.05, 4.69) is 15.6 Å². The highest BCUT2D eigenvalue weighted by atomic mass is 16.4. The zero-order chi connectivity index (χ0) is 11.4. The molecule has 1 unspecified atom stereocenters. The SMILES string of the molecule is Cc1nc(CNCC2CCCNC2)oc1C. The summed E-state index contributed by atoms with van der Waals surface area (Å²) < 4.78 is 5.51. The molecule has 2 N–H and O–H groups in total. The van der Waals surface area contributed by atoms with Crippen LogP contribution in [0.15, 0.2) is 4.42 Å². The Morgan fingerprint density at radius 2 is 2.38 bits per heavy atom. The minimum Gasteiger partial charge on any atom is -0.444 e. The summed E-state index contributed by atoms with van der Waals surface area (Å²) in [6, 6.07) is 0. The molecule has 0 aromatic carbocycles. The van der Waals surface area contributed by atoms with Gasteiger partial charge in [0.2, 0.25) is 5.89 Å². The van der Waals surface area contributed by atoms with Gasteiger partial charge in [-0.05, 0) is 52.2 Å². The van der Waals surface area contributed by atoms with Crippen LogP contribution in [0.4, 0.5) is 0 Å². The van der Waals surface area contributed by atoms with Gasteiger partial charge in [-0.2, -0.15) is 0 Å². The molecule has 16 heavy (non-hydrogen) atoms. The molecule has 1 aromatic heterocycles. The third-order valence-electron chi connectivity index (χ3n) is 3.18. The van der Waals surface area contributed by atoms with Gasteiger partial charge < -0.3 is 15.1 Å². The Morgan fingerprint density at radius 3 is 3.00 bits per heavy atom. The molecule has 1 atom stereocenters. The predicted molar refractivity (Wildman–Crippen MR) is 63.3 cm³/mol. The van der Waals surface area contributed by atoms with Crippen LogP contribution in [0.3, 0.4) is 0 Å². The number of nitrogens with zero attached hydrogens (tertiary/aromatic N) is 1. The molecule has 0 saturated carbocycles. The van der Waals surface area contributed by atoms with E-state index in [1.807, 2.05) is 13.8 Å². The summed E-state index contributed by atoms with van der Waals surface area (Å²) in [4.78, 5) is 4.35. The molecule has 1 aliphatic rings. The molecule has 1 aliphatic heterocycles. The Hall–Kier alpha value is -0.870. The minimum atomic E-state index is 0.741. The Balaban J connectivity index is 1.71. The summed E-state index contributed by atoms with van der Waals surface area (Å²) in [6.45, 7) is 8.04. The largest absolute Gasteiger partial charge is 0.444 e. The summed E-state index contributed by atoms with van der Waals surface area (Å²) in [7, 11) is 0. The summed E-state index contributed by atoms with van der Waals surface area (Å²) >= 11 is 0. The van der Waals surface area contributed by atoms with Gasteiger partial charge in [0.15, 0.2) is 0 Å². The fourth-order valence-electron chi connectivity index (χ4n) is 2.10. The molecule has 1 aromatic rings. The minimum absolute atomic E-state index is 0.741. The molecule has 4 nitrogen and oxygen atoms in total. The van der Waals surface area contributed by atoms with Crippen LogP contribution in [0, 0.1) is 19.8 Å². The maximum absolute atomic E-state index is 5.51. The van der Waals surface area contributed by atoms with Crippen molar-refractivity contribution in [1.82, 2.24) is 15.6 Å². The van der Waals surface area contributed by atoms with Gasteiger partial charge in [-0.3, -0.25) is 0 Å². The lowest BCUT2D eigenvalue weighted by molar-refractivity contribution is 0.350. The van der Waals surface area contributed by atoms with Crippen LogP contribution in [0.2, 0.25) is 0 Å². The molecule has 1 fully saturated rings. The van der Waals surface area contributed by atoms with E-state index in [-0.39, 0.29) is 0 Å². The number of hydrogen-bond donors (Lipinski definition) is 2. The van der Waals surface area contributed by atoms with E-state index in [0.717, 1.165) is 42.9 Å². The number of rotatable bonds is 4. The van der Waals surface area contributed by atoms with Crippen LogP contribution in [0.5, 0.6) is 0 Å². The van der Waals surface area contributed by atoms with E-state index in [9.17, 15) is 0 Å². The second-order valence-corrected chi connectivity index (χ2v) is 4.59. The van der Waals surface area contributed by atoms with E-state index >= 15 is 0 Å². The first-order chi connectivity index (χ1) is 7.75. The fraction of sp³-hybridized carbons (Fsp3) is 0.750. The summed E-state index contributed by atoms with van der Waals surface area (Å²) in [6.07, 6.45) is 2.62. The average Bonchev–Trinajstić information content (AvgIpc) is 2.60. The second kappa shape index (κ2) is 5.46. The number of aryl methyl sites for hydroxylation is 2. The van der Waals surface area contributed by atoms with Gasteiger partial charge >= 0.3 is 0 Å². The Kier molecular flexibility index (Phi) is 3.96. The molecule has 1 saturated heterocycles. The van der Waals surface area contributed by atoms with Gasteiger partial charge in [-0.1, -0.05) is 0 Å². The highest BCUT2D eigenvalue weighted by Gasteiger charge is 2.12. The topological polar surface area (TPSA) is 50.1 Å². The smallest absolute Gasteiger partial charge is 0.208 e. The molecule has 90 valence electrons. The van der Waals surface area contributed by atoms with Gasteiger partial charge in [-0.25, -0.2) is 4.98 Å². The molecular formula is C12H21N3O. The molecule has 2 heterocycles. The Bertz CT molecular complexity index is 310. The Labute approximate surface area is 96.8 Å². The zero-order valence-electron chi connectivity index (χ0n) is 10.2. The van der Waals surface area contributed by atoms with Gasteiger partial charge in [0.25, 0.3) is 0 Å². The van der Waals surface area contributed by atoms with Gasteiger partial charge in [0, 0.05) is 0 Å². The van der Waals surface area contributed by atoms with E-state index in [0.29, 0.717) is 0 Å². The second-order valence-electron chi connectivity index (χ2n) is 4.59. The molecule has 0 spiro atoms. The zero-order valence-corrected chi connectivity index (χ0v) is 10.2. The third-order valence-corrected chi connectivity index (χ3v) is 3.18. The van der Waals surface area contributed by atoms with Crippen molar-refractivity contribution in [2.24, 2.45) is 5.92 Å². The third kappa shape index (κ3) is 3.06. The normalized spacial score (nSPS) is 21.2. The monoisotopic (exact) mass is 223 g/mol. The number of aromatic nitrogens is 1. The quantitative estimate of drug-likeness (QED) is 0.809. The molecule has 4 heteroatoms. The summed E-state index contributed by atoms with van der Waals surface area (Å²) in [5.41, 5.74) is 0.996. The average molecular weight is 223 g/mol. The molecule has 0 bridgehead atoms. The van der Waals surface area contributed by atoms with Gasteiger partial charge in [0.05, 0.1) is 12.2 Å². The maximum atomic E-state index is 5.51. The first-order valence-corrected chi connectivity index (χ1v) is 6.10. The van der Waals surface area contributed by atoms with Crippen molar-refractivity contribution in [1.29, 1.82) is 0 Å². The lowest BCUT2D eigenvalue weighted by Crippen LogP contribution is -2.35. The van der Waals surface area contributed by atoms with Crippen molar-refractivity contribution < 1.29 is 4.42 Å². The van der Waals surface area contributed by atoms with Crippen molar-refractivity contribution in [3.05, 3.63) is 17.3 Å². The van der Waals surface area contributed by atoms with Crippen molar-refractivity contribution in [3.63, 3.8) is 0 Å². The lowest BCUT2D eigenvalue weighted by atomic mass is 10.00. The number of oxazole rings is 1. The maximum Gasteiger partial charge on any atom is 0.208 e. The fourth-order valence-corrected chi connectivity index (χ4v) is 2.10. The van der Waals surface area contributed by atoms with Crippen molar-refractivity contribution in [2.75, 3.05) is 19.6 Å². The summed E-state index contributed by atoms with van der Waals surface area (Å²) in [5.74, 6) is 2.49. The standard InChI is InChI=1S/C12H21N3O/c1-9-10(2)16-12(15-9)8-14-7-11-4-3-5-13-6-11/h11,13-14H,3-8H2,1-2H3. The first kappa shape index (κ1) is 11.6. The number of nitrogens with one attached hydrogen (secondary N) is 2. The predicted octanol–water partition coefficient (Wildman–Crippen LogP) is 1.38. The van der Waals surface area contributed by atoms with Crippen molar-refractivity contribution in [2.45, 2.75) is 33.2 Å². The molecule has 0 aliphatic carbocycles. The first-order valence-electron chi connectivity index (χ1n) is 6.10. The molecule has 2 rings (SSSR count). The highest BCUT2D eigenvalue weighted by molar-refractivity contribution is 5.05. The van der Waals surface area contributed by atoms with Crippen LogP contribution in [-0.4, -0.2) is 24.6 Å². The van der Waals surface area contributed by atoms with E-state index < -0.39 is 0 Å². The van der Waals surface area contributed by atoms with E-state index in [4.69, 9.17) is 4.42 Å². The number of piperidine rings is 1. The van der Waals surface area contributed by atoms with Crippen LogP contribution in [-0.2, 0) is 6.54 Å². The van der Waals surface area contributed by atoms with Crippen molar-refractivity contribution >= 4 is 0 Å². The van der Waals surface area contributed by atoms with Crippen LogP contribution >= 0.6 is 0 Å². The molecule has 0 amide bonds. The highest BCUT2D eigenvalue weighted by Crippen LogP contribution is 2.10. The van der Waals surface area contributed by atoms with Gasteiger partial charge in [0.1, 0.15) is 5.76 Å². The van der Waals surface area contributed by atoms with E-state index in [1.165, 1.54) is 19.4 Å². The number of hydrogen-bond acceptors (Lipinski definition) is 4. The summed E-state index contributed by atoms with van der Waals surface area (Å²) in [5, 5.41) is 6.83. The Morgan fingerprint density at radius 1 is 1.50 bits per heavy atom. The van der Waals surface area contributed by atoms with E-state index in [1.54, 1.807) is 0 Å². The van der Waals surface area contributed by atoms with Gasteiger partial charge in [-0.15, -0.1) is 0 Å². The van der Waals surface area contributed by atoms with Crippen LogP contribution in [0.25, 0.3) is 0 Å². The van der Waals surface area contributed by atoms with Crippen LogP contribution in [0.1, 0.15) is 30.2 Å². The van der Waals surface area contributed by atoms with Crippen LogP contribution < -0.4 is 10.6 Å². The molecular weight excluding hydrogens is 202 g/mol.